The number of hydrogen-bond acceptors (Lipinski definition) is 4. The van der Waals surface area contributed by atoms with Crippen molar-refractivity contribution in [2.24, 2.45) is 0 Å². The second-order valence-electron chi connectivity index (χ2n) is 8.99. The van der Waals surface area contributed by atoms with Gasteiger partial charge in [0.05, 0.1) is 12.6 Å². The first-order valence-corrected chi connectivity index (χ1v) is 12.6. The summed E-state index contributed by atoms with van der Waals surface area (Å²) in [5, 5.41) is 0. The van der Waals surface area contributed by atoms with Crippen LogP contribution in [0.2, 0.25) is 0 Å². The minimum Gasteiger partial charge on any atom is -0.464 e. The Hall–Kier alpha value is -4.71. The fourth-order valence-corrected chi connectivity index (χ4v) is 5.07. The van der Waals surface area contributed by atoms with Crippen molar-refractivity contribution in [1.82, 2.24) is 4.90 Å². The van der Waals surface area contributed by atoms with Gasteiger partial charge in [-0.15, -0.1) is 0 Å². The Morgan fingerprint density at radius 2 is 1.18 bits per heavy atom. The number of hydrogen-bond donors (Lipinski definition) is 0. The number of esters is 1. The summed E-state index contributed by atoms with van der Waals surface area (Å²) in [5.74, 6) is -0.950. The summed E-state index contributed by atoms with van der Waals surface area (Å²) in [6.07, 6.45) is 0. The highest BCUT2D eigenvalue weighted by atomic mass is 16.5. The van der Waals surface area contributed by atoms with E-state index in [1.165, 1.54) is 9.80 Å². The summed E-state index contributed by atoms with van der Waals surface area (Å²) in [7, 11) is 0. The Kier molecular flexibility index (Phi) is 7.31. The van der Waals surface area contributed by atoms with Gasteiger partial charge in [0.15, 0.2) is 11.8 Å². The molecule has 1 aliphatic heterocycles. The Morgan fingerprint density at radius 3 is 1.68 bits per heavy atom. The van der Waals surface area contributed by atoms with E-state index in [4.69, 9.17) is 4.74 Å². The van der Waals surface area contributed by atoms with Crippen LogP contribution in [0.4, 0.5) is 10.5 Å². The zero-order valence-electron chi connectivity index (χ0n) is 21.0. The molecule has 1 saturated heterocycles. The number of nitrogens with zero attached hydrogens (tertiary/aromatic N) is 2. The van der Waals surface area contributed by atoms with E-state index in [0.717, 1.165) is 11.1 Å². The summed E-state index contributed by atoms with van der Waals surface area (Å²) >= 11 is 0. The van der Waals surface area contributed by atoms with E-state index < -0.39 is 30.1 Å². The molecule has 4 aromatic rings. The Morgan fingerprint density at radius 1 is 0.711 bits per heavy atom. The number of Topliss-reactive ketones (excluding diaryl/α,β-unsaturated/α-hetero) is 1. The summed E-state index contributed by atoms with van der Waals surface area (Å²) in [6.45, 7) is 1.84. The Bertz CT molecular complexity index is 1360. The third kappa shape index (κ3) is 4.68. The highest BCUT2D eigenvalue weighted by Gasteiger charge is 2.56. The lowest BCUT2D eigenvalue weighted by atomic mass is 9.93. The normalized spacial score (nSPS) is 17.1. The average Bonchev–Trinajstić information content (AvgIpc) is 3.27. The molecular weight excluding hydrogens is 476 g/mol. The molecule has 4 aromatic carbocycles. The fourth-order valence-electron chi connectivity index (χ4n) is 5.07. The molecule has 5 rings (SSSR count). The van der Waals surface area contributed by atoms with Gasteiger partial charge in [-0.25, -0.2) is 9.59 Å². The third-order valence-corrected chi connectivity index (χ3v) is 6.70. The highest BCUT2D eigenvalue weighted by Crippen LogP contribution is 2.40. The van der Waals surface area contributed by atoms with Crippen LogP contribution in [-0.4, -0.2) is 41.4 Å². The van der Waals surface area contributed by atoms with E-state index in [1.807, 2.05) is 72.8 Å². The van der Waals surface area contributed by atoms with Gasteiger partial charge in [-0.1, -0.05) is 109 Å². The van der Waals surface area contributed by atoms with E-state index in [2.05, 4.69) is 0 Å². The molecule has 1 fully saturated rings. The average molecular weight is 505 g/mol. The van der Waals surface area contributed by atoms with Gasteiger partial charge < -0.3 is 4.74 Å². The molecule has 0 bridgehead atoms. The zero-order valence-corrected chi connectivity index (χ0v) is 21.0. The lowest BCUT2D eigenvalue weighted by molar-refractivity contribution is -0.148. The standard InChI is InChI=1S/C32H28N2O4/c1-2-38-31(36)29-28(30(35)25-19-11-5-12-20-25)33(26-21-13-6-14-22-26)32(37)34(29)27(23-15-7-3-8-16-23)24-17-9-4-10-18-24/h3-22,27-29H,2H2,1H3. The molecule has 2 amide bonds. The molecule has 0 aromatic heterocycles. The largest absolute Gasteiger partial charge is 0.464 e. The number of ether oxygens (including phenoxy) is 1. The molecule has 2 atom stereocenters. The molecule has 1 aliphatic rings. The molecule has 2 unspecified atom stereocenters. The lowest BCUT2D eigenvalue weighted by Crippen LogP contribution is -2.49. The summed E-state index contributed by atoms with van der Waals surface area (Å²) in [6, 6.07) is 33.5. The number of rotatable bonds is 8. The van der Waals surface area contributed by atoms with Crippen molar-refractivity contribution in [3.8, 4) is 0 Å². The predicted molar refractivity (Wildman–Crippen MR) is 146 cm³/mol. The summed E-state index contributed by atoms with van der Waals surface area (Å²) < 4.78 is 5.52. The topological polar surface area (TPSA) is 66.9 Å². The van der Waals surface area contributed by atoms with Crippen LogP contribution in [0.5, 0.6) is 0 Å². The van der Waals surface area contributed by atoms with Gasteiger partial charge in [-0.05, 0) is 30.2 Å². The van der Waals surface area contributed by atoms with Crippen LogP contribution in [-0.2, 0) is 9.53 Å². The predicted octanol–water partition coefficient (Wildman–Crippen LogP) is 5.90. The van der Waals surface area contributed by atoms with E-state index in [1.54, 1.807) is 55.5 Å². The van der Waals surface area contributed by atoms with Crippen molar-refractivity contribution < 1.29 is 19.1 Å². The molecule has 38 heavy (non-hydrogen) atoms. The second kappa shape index (κ2) is 11.1. The van der Waals surface area contributed by atoms with Crippen LogP contribution >= 0.6 is 0 Å². The van der Waals surface area contributed by atoms with Crippen molar-refractivity contribution in [2.75, 3.05) is 11.5 Å². The molecule has 0 aliphatic carbocycles. The lowest BCUT2D eigenvalue weighted by Gasteiger charge is -2.32. The first kappa shape index (κ1) is 25.0. The molecule has 190 valence electrons. The number of carbonyl (C=O) groups excluding carboxylic acids is 3. The molecule has 0 spiro atoms. The number of anilines is 1. The number of urea groups is 1. The van der Waals surface area contributed by atoms with Gasteiger partial charge in [-0.2, -0.15) is 0 Å². The van der Waals surface area contributed by atoms with Crippen LogP contribution in [0.15, 0.2) is 121 Å². The first-order valence-electron chi connectivity index (χ1n) is 12.6. The molecule has 6 nitrogen and oxygen atoms in total. The monoisotopic (exact) mass is 504 g/mol. The molecule has 0 radical (unpaired) electrons. The maximum absolute atomic E-state index is 14.5. The second-order valence-corrected chi connectivity index (χ2v) is 8.99. The molecule has 1 heterocycles. The Balaban J connectivity index is 1.74. The Labute approximate surface area is 222 Å². The summed E-state index contributed by atoms with van der Waals surface area (Å²) in [4.78, 5) is 45.2. The summed E-state index contributed by atoms with van der Waals surface area (Å²) in [5.41, 5.74) is 2.59. The van der Waals surface area contributed by atoms with Crippen LogP contribution in [0.1, 0.15) is 34.5 Å². The maximum Gasteiger partial charge on any atom is 0.331 e. The first-order chi connectivity index (χ1) is 18.6. The number of benzene rings is 4. The molecule has 6 heteroatoms. The van der Waals surface area contributed by atoms with Gasteiger partial charge in [-0.3, -0.25) is 14.6 Å². The van der Waals surface area contributed by atoms with Gasteiger partial charge >= 0.3 is 12.0 Å². The van der Waals surface area contributed by atoms with Crippen molar-refractivity contribution in [2.45, 2.75) is 25.0 Å². The van der Waals surface area contributed by atoms with Gasteiger partial charge in [0.2, 0.25) is 0 Å². The number of para-hydroxylation sites is 1. The van der Waals surface area contributed by atoms with Crippen molar-refractivity contribution in [3.63, 3.8) is 0 Å². The quantitative estimate of drug-likeness (QED) is 0.221. The molecular formula is C32H28N2O4. The zero-order chi connectivity index (χ0) is 26.5. The SMILES string of the molecule is CCOC(=O)C1C(C(=O)c2ccccc2)N(c2ccccc2)C(=O)N1C(c1ccccc1)c1ccccc1. The van der Waals surface area contributed by atoms with Crippen molar-refractivity contribution in [1.29, 1.82) is 0 Å². The van der Waals surface area contributed by atoms with Crippen LogP contribution < -0.4 is 4.90 Å². The van der Waals surface area contributed by atoms with E-state index in [-0.39, 0.29) is 12.4 Å². The van der Waals surface area contributed by atoms with Crippen LogP contribution in [0.25, 0.3) is 0 Å². The third-order valence-electron chi connectivity index (χ3n) is 6.70. The smallest absolute Gasteiger partial charge is 0.331 e. The minimum atomic E-state index is -1.18. The maximum atomic E-state index is 14.5. The van der Waals surface area contributed by atoms with Crippen molar-refractivity contribution in [3.05, 3.63) is 138 Å². The van der Waals surface area contributed by atoms with Crippen LogP contribution in [0, 0.1) is 0 Å². The number of amides is 2. The van der Waals surface area contributed by atoms with Gasteiger partial charge in [0, 0.05) is 11.3 Å². The van der Waals surface area contributed by atoms with E-state index in [0.29, 0.717) is 11.3 Å². The highest BCUT2D eigenvalue weighted by molar-refractivity contribution is 6.14. The molecule has 0 N–H and O–H groups in total. The van der Waals surface area contributed by atoms with E-state index in [9.17, 15) is 14.4 Å². The number of ketones is 1. The minimum absolute atomic E-state index is 0.121. The van der Waals surface area contributed by atoms with E-state index >= 15 is 0 Å². The van der Waals surface area contributed by atoms with Gasteiger partial charge in [0.1, 0.15) is 6.04 Å². The number of carbonyl (C=O) groups is 3. The van der Waals surface area contributed by atoms with Crippen molar-refractivity contribution >= 4 is 23.5 Å². The molecule has 0 saturated carbocycles. The van der Waals surface area contributed by atoms with Gasteiger partial charge in [0.25, 0.3) is 0 Å². The fraction of sp³-hybridized carbons (Fsp3) is 0.156. The van der Waals surface area contributed by atoms with Crippen LogP contribution in [0.3, 0.4) is 0 Å².